The number of carbonyl (C=O) groups excluding carboxylic acids is 2. The lowest BCUT2D eigenvalue weighted by molar-refractivity contribution is -0.172. The fourth-order valence-corrected chi connectivity index (χ4v) is 6.97. The summed E-state index contributed by atoms with van der Waals surface area (Å²) in [5.74, 6) is -3.66. The van der Waals surface area contributed by atoms with Crippen LogP contribution in [0, 0.1) is 5.92 Å². The highest BCUT2D eigenvalue weighted by molar-refractivity contribution is 5.96. The first-order valence-electron chi connectivity index (χ1n) is 17.8. The van der Waals surface area contributed by atoms with Gasteiger partial charge in [0.15, 0.2) is 6.10 Å². The molecule has 8 heteroatoms. The summed E-state index contributed by atoms with van der Waals surface area (Å²) in [5.41, 5.74) is 3.03. The summed E-state index contributed by atoms with van der Waals surface area (Å²) in [5, 5.41) is 12.6. The van der Waals surface area contributed by atoms with Crippen molar-refractivity contribution in [2.24, 2.45) is 5.92 Å². The number of benzene rings is 6. The maximum atomic E-state index is 13.9. The van der Waals surface area contributed by atoms with E-state index < -0.39 is 41.6 Å². The second-order valence-electron chi connectivity index (χ2n) is 12.9. The number of fused-ring (bicyclic) bond motifs is 1. The molecule has 0 bridgehead atoms. The second-order valence-corrected chi connectivity index (χ2v) is 12.9. The van der Waals surface area contributed by atoms with E-state index in [1.807, 2.05) is 121 Å². The lowest BCUT2D eigenvalue weighted by Crippen LogP contribution is -2.41. The molecule has 0 heterocycles. The van der Waals surface area contributed by atoms with Crippen LogP contribution in [0.4, 0.5) is 0 Å². The van der Waals surface area contributed by atoms with Crippen molar-refractivity contribution >= 4 is 28.7 Å². The highest BCUT2D eigenvalue weighted by Gasteiger charge is 2.41. The van der Waals surface area contributed by atoms with Crippen molar-refractivity contribution in [3.8, 4) is 0 Å². The van der Waals surface area contributed by atoms with E-state index in [0.717, 1.165) is 33.0 Å². The molecule has 6 aromatic carbocycles. The summed E-state index contributed by atoms with van der Waals surface area (Å²) in [6, 6.07) is 49.0. The molecule has 0 spiro atoms. The van der Waals surface area contributed by atoms with Crippen LogP contribution in [0.25, 0.3) is 10.8 Å². The summed E-state index contributed by atoms with van der Waals surface area (Å²) in [4.78, 5) is 39.7. The van der Waals surface area contributed by atoms with Crippen molar-refractivity contribution in [3.63, 3.8) is 0 Å². The van der Waals surface area contributed by atoms with E-state index in [1.54, 1.807) is 36.4 Å². The number of carboxylic acid groups (broad SMARTS) is 1. The molecule has 0 fully saturated rings. The maximum absolute atomic E-state index is 13.9. The first-order chi connectivity index (χ1) is 26.3. The number of ether oxygens (including phenoxy) is 4. The molecule has 0 aromatic heterocycles. The molecule has 0 unspecified atom stereocenters. The molecule has 3 atom stereocenters. The Balaban J connectivity index is 1.40. The third-order valence-corrected chi connectivity index (χ3v) is 9.70. The predicted octanol–water partition coefficient (Wildman–Crippen LogP) is 8.57. The lowest BCUT2D eigenvalue weighted by Gasteiger charge is -2.37. The molecule has 0 radical (unpaired) electrons. The molecule has 274 valence electrons. The summed E-state index contributed by atoms with van der Waals surface area (Å²) >= 11 is 0. The SMILES string of the molecule is COC(=O)c1ccc2cccc(CC[C@H](OC(=O)[C@@H](OC)c3ccccc3)[C@H](COC(c3ccccc3)(c3ccccc3)c3ccccc3)C(=O)O)c2c1. The van der Waals surface area contributed by atoms with Crippen molar-refractivity contribution < 1.29 is 38.4 Å². The standard InChI is InChI=1S/C46H42O8/c1-51-42(34-16-7-3-8-17-34)45(50)54-41(29-28-33-19-15-18-32-26-27-35(30-39(32)33)44(49)52-2)40(43(47)48)31-53-46(36-20-9-4-10-21-36,37-22-11-5-12-23-37)38-24-13-6-14-25-38/h3-27,30,40-42H,28-29,31H2,1-2H3,(H,47,48)/t40-,41-,42-/m0/s1. The topological polar surface area (TPSA) is 108 Å². The highest BCUT2D eigenvalue weighted by Crippen LogP contribution is 2.41. The van der Waals surface area contributed by atoms with Gasteiger partial charge in [-0.2, -0.15) is 0 Å². The number of methoxy groups -OCH3 is 2. The van der Waals surface area contributed by atoms with Gasteiger partial charge in [0, 0.05) is 7.11 Å². The van der Waals surface area contributed by atoms with E-state index in [1.165, 1.54) is 14.2 Å². The minimum absolute atomic E-state index is 0.133. The zero-order valence-corrected chi connectivity index (χ0v) is 30.2. The molecule has 54 heavy (non-hydrogen) atoms. The Hall–Kier alpha value is -6.09. The molecular weight excluding hydrogens is 680 g/mol. The fraction of sp³-hybridized carbons (Fsp3) is 0.196. The first kappa shape index (κ1) is 37.7. The lowest BCUT2D eigenvalue weighted by atomic mass is 9.80. The molecule has 0 saturated heterocycles. The van der Waals surface area contributed by atoms with Gasteiger partial charge in [0.05, 0.1) is 19.3 Å². The Kier molecular flexibility index (Phi) is 12.3. The van der Waals surface area contributed by atoms with Gasteiger partial charge in [-0.05, 0) is 63.6 Å². The minimum Gasteiger partial charge on any atom is -0.481 e. The Morgan fingerprint density at radius 1 is 0.667 bits per heavy atom. The zero-order valence-electron chi connectivity index (χ0n) is 30.2. The molecule has 0 aliphatic carbocycles. The Labute approximate surface area is 314 Å². The van der Waals surface area contributed by atoms with Crippen molar-refractivity contribution in [2.45, 2.75) is 30.7 Å². The molecule has 0 amide bonds. The van der Waals surface area contributed by atoms with Crippen LogP contribution in [-0.2, 0) is 40.6 Å². The Bertz CT molecular complexity index is 2060. The van der Waals surface area contributed by atoms with Gasteiger partial charge < -0.3 is 24.1 Å². The van der Waals surface area contributed by atoms with E-state index in [9.17, 15) is 19.5 Å². The molecule has 0 aliphatic heterocycles. The van der Waals surface area contributed by atoms with Crippen molar-refractivity contribution in [2.75, 3.05) is 20.8 Å². The van der Waals surface area contributed by atoms with Crippen LogP contribution >= 0.6 is 0 Å². The maximum Gasteiger partial charge on any atom is 0.340 e. The molecule has 1 N–H and O–H groups in total. The zero-order chi connectivity index (χ0) is 37.9. The monoisotopic (exact) mass is 722 g/mol. The molecule has 6 aromatic rings. The first-order valence-corrected chi connectivity index (χ1v) is 17.8. The third kappa shape index (κ3) is 8.26. The van der Waals surface area contributed by atoms with Crippen LogP contribution in [-0.4, -0.2) is 49.9 Å². The van der Waals surface area contributed by atoms with Gasteiger partial charge in [0.1, 0.15) is 17.6 Å². The van der Waals surface area contributed by atoms with E-state index in [-0.39, 0.29) is 13.0 Å². The number of hydrogen-bond donors (Lipinski definition) is 1. The molecule has 0 aliphatic rings. The van der Waals surface area contributed by atoms with E-state index in [2.05, 4.69) is 0 Å². The summed E-state index contributed by atoms with van der Waals surface area (Å²) in [6.45, 7) is -0.309. The van der Waals surface area contributed by atoms with Gasteiger partial charge in [-0.3, -0.25) is 4.79 Å². The normalized spacial score (nSPS) is 13.1. The van der Waals surface area contributed by atoms with Crippen LogP contribution in [0.3, 0.4) is 0 Å². The number of aliphatic carboxylic acids is 1. The average Bonchev–Trinajstić information content (AvgIpc) is 3.22. The summed E-state index contributed by atoms with van der Waals surface area (Å²) < 4.78 is 23.7. The van der Waals surface area contributed by atoms with E-state index in [4.69, 9.17) is 18.9 Å². The molecule has 6 rings (SSSR count). The second kappa shape index (κ2) is 17.6. The van der Waals surface area contributed by atoms with E-state index in [0.29, 0.717) is 17.5 Å². The van der Waals surface area contributed by atoms with Crippen molar-refractivity contribution in [3.05, 3.63) is 191 Å². The average molecular weight is 723 g/mol. The van der Waals surface area contributed by atoms with E-state index >= 15 is 0 Å². The molecule has 0 saturated carbocycles. The van der Waals surface area contributed by atoms with Gasteiger partial charge in [-0.15, -0.1) is 0 Å². The summed E-state index contributed by atoms with van der Waals surface area (Å²) in [7, 11) is 2.74. The fourth-order valence-electron chi connectivity index (χ4n) is 6.97. The van der Waals surface area contributed by atoms with Crippen molar-refractivity contribution in [1.29, 1.82) is 0 Å². The number of carboxylic acids is 1. The van der Waals surface area contributed by atoms with Crippen LogP contribution < -0.4 is 0 Å². The molecule has 8 nitrogen and oxygen atoms in total. The van der Waals surface area contributed by atoms with Gasteiger partial charge in [-0.1, -0.05) is 146 Å². The van der Waals surface area contributed by atoms with Crippen LogP contribution in [0.2, 0.25) is 0 Å². The van der Waals surface area contributed by atoms with Gasteiger partial charge in [0.2, 0.25) is 0 Å². The number of aryl methyl sites for hydroxylation is 1. The largest absolute Gasteiger partial charge is 0.481 e. The number of carbonyl (C=O) groups is 3. The predicted molar refractivity (Wildman–Crippen MR) is 206 cm³/mol. The van der Waals surface area contributed by atoms with Crippen LogP contribution in [0.1, 0.15) is 50.7 Å². The van der Waals surface area contributed by atoms with Gasteiger partial charge in [0.25, 0.3) is 0 Å². The molecular formula is C46H42O8. The quantitative estimate of drug-likeness (QED) is 0.0782. The van der Waals surface area contributed by atoms with Crippen molar-refractivity contribution in [1.82, 2.24) is 0 Å². The highest BCUT2D eigenvalue weighted by atomic mass is 16.6. The smallest absolute Gasteiger partial charge is 0.340 e. The Morgan fingerprint density at radius 3 is 1.74 bits per heavy atom. The van der Waals surface area contributed by atoms with Crippen LogP contribution in [0.15, 0.2) is 158 Å². The van der Waals surface area contributed by atoms with Gasteiger partial charge in [-0.25, -0.2) is 9.59 Å². The number of hydrogen-bond acceptors (Lipinski definition) is 7. The van der Waals surface area contributed by atoms with Crippen LogP contribution in [0.5, 0.6) is 0 Å². The number of rotatable bonds is 16. The Morgan fingerprint density at radius 2 is 1.22 bits per heavy atom. The third-order valence-electron chi connectivity index (χ3n) is 9.70. The number of esters is 2. The van der Waals surface area contributed by atoms with Gasteiger partial charge >= 0.3 is 17.9 Å². The minimum atomic E-state index is -1.29. The summed E-state index contributed by atoms with van der Waals surface area (Å²) in [6.07, 6.45) is -1.77.